The zero-order chi connectivity index (χ0) is 14.6. The van der Waals surface area contributed by atoms with E-state index in [9.17, 15) is 0 Å². The summed E-state index contributed by atoms with van der Waals surface area (Å²) in [5.41, 5.74) is 1.35. The van der Waals surface area contributed by atoms with E-state index in [2.05, 4.69) is 29.1 Å². The van der Waals surface area contributed by atoms with Crippen molar-refractivity contribution in [3.8, 4) is 0 Å². The van der Waals surface area contributed by atoms with Crippen LogP contribution < -0.4 is 5.32 Å². The van der Waals surface area contributed by atoms with Gasteiger partial charge in [0.1, 0.15) is 17.3 Å². The molecule has 4 aliphatic carbocycles. The van der Waals surface area contributed by atoms with Gasteiger partial charge in [-0.3, -0.25) is 0 Å². The molecule has 1 aromatic heterocycles. The molecule has 4 heteroatoms. The molecule has 0 atom stereocenters. The zero-order valence-corrected chi connectivity index (χ0v) is 13.7. The summed E-state index contributed by atoms with van der Waals surface area (Å²) >= 11 is 6.32. The van der Waals surface area contributed by atoms with Crippen molar-refractivity contribution < 1.29 is 0 Å². The van der Waals surface area contributed by atoms with E-state index in [1.165, 1.54) is 38.5 Å². The minimum absolute atomic E-state index is 0.274. The highest BCUT2D eigenvalue weighted by Crippen LogP contribution is 2.56. The van der Waals surface area contributed by atoms with Crippen LogP contribution in [0, 0.1) is 17.8 Å². The fourth-order valence-corrected chi connectivity index (χ4v) is 5.85. The van der Waals surface area contributed by atoms with E-state index in [1.807, 2.05) is 0 Å². The number of rotatable bonds is 3. The van der Waals surface area contributed by atoms with Crippen LogP contribution >= 0.6 is 11.6 Å². The maximum atomic E-state index is 6.32. The third-order valence-electron chi connectivity index (χ3n) is 5.83. The minimum Gasteiger partial charge on any atom is -0.364 e. The molecular weight excluding hydrogens is 282 g/mol. The number of hydrogen-bond acceptors (Lipinski definition) is 3. The first-order valence-corrected chi connectivity index (χ1v) is 8.71. The summed E-state index contributed by atoms with van der Waals surface area (Å²) in [5.74, 6) is 4.12. The molecule has 1 heterocycles. The lowest BCUT2D eigenvalue weighted by Gasteiger charge is -2.57. The second-order valence-electron chi connectivity index (χ2n) is 7.90. The number of anilines is 1. The van der Waals surface area contributed by atoms with Gasteiger partial charge >= 0.3 is 0 Å². The van der Waals surface area contributed by atoms with Crippen molar-refractivity contribution in [3.63, 3.8) is 0 Å². The second-order valence-corrected chi connectivity index (χ2v) is 8.26. The largest absolute Gasteiger partial charge is 0.364 e. The molecule has 21 heavy (non-hydrogen) atoms. The van der Waals surface area contributed by atoms with Crippen molar-refractivity contribution in [3.05, 3.63) is 17.0 Å². The Morgan fingerprint density at radius 1 is 1.10 bits per heavy atom. The maximum Gasteiger partial charge on any atom is 0.138 e. The van der Waals surface area contributed by atoms with E-state index in [4.69, 9.17) is 11.6 Å². The number of hydrogen-bond donors (Lipinski definition) is 1. The predicted molar refractivity (Wildman–Crippen MR) is 85.7 cm³/mol. The first kappa shape index (κ1) is 13.8. The van der Waals surface area contributed by atoms with Crippen molar-refractivity contribution in [2.75, 3.05) is 5.32 Å². The van der Waals surface area contributed by atoms with Crippen molar-refractivity contribution in [2.45, 2.75) is 63.8 Å². The Kier molecular flexibility index (Phi) is 3.18. The highest BCUT2D eigenvalue weighted by molar-refractivity contribution is 6.30. The Balaban J connectivity index is 1.66. The van der Waals surface area contributed by atoms with Gasteiger partial charge in [0.15, 0.2) is 0 Å². The molecule has 4 saturated carbocycles. The third-order valence-corrected chi connectivity index (χ3v) is 6.14. The van der Waals surface area contributed by atoms with Crippen LogP contribution in [0.3, 0.4) is 0 Å². The third kappa shape index (κ3) is 2.34. The van der Waals surface area contributed by atoms with E-state index in [1.54, 1.807) is 6.33 Å². The number of halogens is 1. The number of aromatic nitrogens is 2. The van der Waals surface area contributed by atoms with Crippen LogP contribution in [0.5, 0.6) is 0 Å². The lowest BCUT2D eigenvalue weighted by atomic mass is 9.53. The van der Waals surface area contributed by atoms with Gasteiger partial charge in [-0.25, -0.2) is 9.97 Å². The lowest BCUT2D eigenvalue weighted by Crippen LogP contribution is -2.55. The SMILES string of the molecule is CC(C)c1c(Cl)ncnc1NC12CC3CC(CC(C3)C1)C2. The topological polar surface area (TPSA) is 37.8 Å². The van der Waals surface area contributed by atoms with E-state index in [0.29, 0.717) is 11.1 Å². The van der Waals surface area contributed by atoms with Crippen LogP contribution in [0.4, 0.5) is 5.82 Å². The Hall–Kier alpha value is -0.830. The van der Waals surface area contributed by atoms with Gasteiger partial charge in [0.25, 0.3) is 0 Å². The van der Waals surface area contributed by atoms with Gasteiger partial charge in [0, 0.05) is 11.1 Å². The van der Waals surface area contributed by atoms with Gasteiger partial charge in [0.2, 0.25) is 0 Å². The lowest BCUT2D eigenvalue weighted by molar-refractivity contribution is 0.0105. The molecule has 0 aromatic carbocycles. The Morgan fingerprint density at radius 2 is 1.67 bits per heavy atom. The standard InChI is InChI=1S/C17H24ClN3/c1-10(2)14-15(18)19-9-20-16(14)21-17-6-11-3-12(7-17)5-13(4-11)8-17/h9-13H,3-8H2,1-2H3,(H,19,20,21). The van der Waals surface area contributed by atoms with Crippen LogP contribution in [-0.4, -0.2) is 15.5 Å². The fraction of sp³-hybridized carbons (Fsp3) is 0.765. The molecule has 0 amide bonds. The van der Waals surface area contributed by atoms with Gasteiger partial charge in [-0.05, 0) is 62.2 Å². The molecule has 0 unspecified atom stereocenters. The zero-order valence-electron chi connectivity index (χ0n) is 12.9. The van der Waals surface area contributed by atoms with E-state index in [0.717, 1.165) is 29.1 Å². The molecule has 0 aliphatic heterocycles. The van der Waals surface area contributed by atoms with Crippen LogP contribution in [0.25, 0.3) is 0 Å². The molecule has 1 N–H and O–H groups in total. The maximum absolute atomic E-state index is 6.32. The molecular formula is C17H24ClN3. The normalized spacial score (nSPS) is 37.2. The van der Waals surface area contributed by atoms with Crippen LogP contribution in [-0.2, 0) is 0 Å². The van der Waals surface area contributed by atoms with Gasteiger partial charge in [-0.2, -0.15) is 0 Å². The summed E-state index contributed by atoms with van der Waals surface area (Å²) in [6.07, 6.45) is 9.93. The van der Waals surface area contributed by atoms with E-state index >= 15 is 0 Å². The van der Waals surface area contributed by atoms with Crippen LogP contribution in [0.1, 0.15) is 63.9 Å². The summed E-state index contributed by atoms with van der Waals surface area (Å²) in [6, 6.07) is 0. The highest BCUT2D eigenvalue weighted by Gasteiger charge is 2.51. The fourth-order valence-electron chi connectivity index (χ4n) is 5.50. The Bertz CT molecular complexity index is 520. The highest BCUT2D eigenvalue weighted by atomic mass is 35.5. The average Bonchev–Trinajstić information content (AvgIpc) is 2.35. The van der Waals surface area contributed by atoms with E-state index in [-0.39, 0.29) is 5.54 Å². The van der Waals surface area contributed by atoms with Gasteiger partial charge in [-0.15, -0.1) is 0 Å². The molecule has 0 saturated heterocycles. The second kappa shape index (κ2) is 4.84. The average molecular weight is 306 g/mol. The minimum atomic E-state index is 0.274. The van der Waals surface area contributed by atoms with E-state index < -0.39 is 0 Å². The molecule has 0 radical (unpaired) electrons. The molecule has 4 aliphatic rings. The van der Waals surface area contributed by atoms with Crippen molar-refractivity contribution >= 4 is 17.4 Å². The summed E-state index contributed by atoms with van der Waals surface area (Å²) in [5, 5.41) is 4.45. The summed E-state index contributed by atoms with van der Waals surface area (Å²) < 4.78 is 0. The Labute approximate surface area is 131 Å². The van der Waals surface area contributed by atoms with Crippen LogP contribution in [0.15, 0.2) is 6.33 Å². The van der Waals surface area contributed by atoms with Gasteiger partial charge in [0.05, 0.1) is 0 Å². The van der Waals surface area contributed by atoms with Crippen LogP contribution in [0.2, 0.25) is 5.15 Å². The first-order valence-electron chi connectivity index (χ1n) is 8.33. The van der Waals surface area contributed by atoms with Crippen molar-refractivity contribution in [1.29, 1.82) is 0 Å². The molecule has 5 rings (SSSR count). The molecule has 114 valence electrons. The smallest absolute Gasteiger partial charge is 0.138 e. The van der Waals surface area contributed by atoms with Gasteiger partial charge in [-0.1, -0.05) is 25.4 Å². The monoisotopic (exact) mass is 305 g/mol. The number of nitrogens with one attached hydrogen (secondary N) is 1. The molecule has 1 aromatic rings. The predicted octanol–water partition coefficient (Wildman–Crippen LogP) is 4.63. The summed E-state index contributed by atoms with van der Waals surface area (Å²) in [4.78, 5) is 8.70. The van der Waals surface area contributed by atoms with Crippen molar-refractivity contribution in [2.24, 2.45) is 17.8 Å². The van der Waals surface area contributed by atoms with Gasteiger partial charge < -0.3 is 5.32 Å². The molecule has 3 nitrogen and oxygen atoms in total. The quantitative estimate of drug-likeness (QED) is 0.827. The first-order chi connectivity index (χ1) is 10.0. The number of nitrogens with zero attached hydrogens (tertiary/aromatic N) is 2. The Morgan fingerprint density at radius 3 is 2.19 bits per heavy atom. The van der Waals surface area contributed by atoms with Crippen molar-refractivity contribution in [1.82, 2.24) is 9.97 Å². The summed E-state index contributed by atoms with van der Waals surface area (Å²) in [6.45, 7) is 4.32. The summed E-state index contributed by atoms with van der Waals surface area (Å²) in [7, 11) is 0. The molecule has 0 spiro atoms. The molecule has 4 fully saturated rings. The molecule has 4 bridgehead atoms.